The monoisotopic (exact) mass is 397 g/mol. The molecule has 1 amide bonds. The van der Waals surface area contributed by atoms with E-state index in [1.807, 2.05) is 35.6 Å². The summed E-state index contributed by atoms with van der Waals surface area (Å²) >= 11 is 0. The maximum atomic E-state index is 12.4. The van der Waals surface area contributed by atoms with Gasteiger partial charge in [-0.1, -0.05) is 17.3 Å². The minimum Gasteiger partial charge on any atom is -0.491 e. The van der Waals surface area contributed by atoms with Gasteiger partial charge in [0.15, 0.2) is 0 Å². The van der Waals surface area contributed by atoms with Crippen LogP contribution in [0.3, 0.4) is 0 Å². The molecular weight excluding hydrogens is 366 g/mol. The Morgan fingerprint density at radius 2 is 1.86 bits per heavy atom. The van der Waals surface area contributed by atoms with Crippen LogP contribution in [0.5, 0.6) is 5.75 Å². The second-order valence-corrected chi connectivity index (χ2v) is 8.32. The van der Waals surface area contributed by atoms with Crippen LogP contribution >= 0.6 is 0 Å². The number of rotatable bonds is 7. The maximum absolute atomic E-state index is 12.4. The van der Waals surface area contributed by atoms with Crippen molar-refractivity contribution in [1.29, 1.82) is 0 Å². The molecule has 1 fully saturated rings. The highest BCUT2D eigenvalue weighted by molar-refractivity contribution is 5.76. The number of fused-ring (bicyclic) bond motifs is 1. The molecule has 7 heteroatoms. The Hall–Kier alpha value is -2.41. The van der Waals surface area contributed by atoms with Gasteiger partial charge in [-0.05, 0) is 44.4 Å². The second-order valence-electron chi connectivity index (χ2n) is 8.32. The van der Waals surface area contributed by atoms with E-state index in [2.05, 4.69) is 27.3 Å². The summed E-state index contributed by atoms with van der Waals surface area (Å²) in [6.07, 6.45) is 3.66. The molecule has 2 aliphatic rings. The van der Waals surface area contributed by atoms with Crippen molar-refractivity contribution in [2.24, 2.45) is 0 Å². The first-order valence-electron chi connectivity index (χ1n) is 10.8. The van der Waals surface area contributed by atoms with Gasteiger partial charge in [-0.3, -0.25) is 9.69 Å². The average molecular weight is 398 g/mol. The van der Waals surface area contributed by atoms with E-state index in [0.717, 1.165) is 69.2 Å². The van der Waals surface area contributed by atoms with Gasteiger partial charge >= 0.3 is 0 Å². The van der Waals surface area contributed by atoms with E-state index in [0.29, 0.717) is 12.8 Å². The lowest BCUT2D eigenvalue weighted by Crippen LogP contribution is -2.34. The molecule has 29 heavy (non-hydrogen) atoms. The van der Waals surface area contributed by atoms with E-state index >= 15 is 0 Å². The molecular formula is C22H31N5O2. The molecule has 0 radical (unpaired) electrons. The molecule has 156 valence electrons. The third-order valence-corrected chi connectivity index (χ3v) is 5.66. The van der Waals surface area contributed by atoms with Crippen molar-refractivity contribution in [1.82, 2.24) is 24.8 Å². The molecule has 0 unspecified atom stereocenters. The zero-order chi connectivity index (χ0) is 20.2. The Kier molecular flexibility index (Phi) is 6.13. The third-order valence-electron chi connectivity index (χ3n) is 5.66. The molecule has 0 aliphatic carbocycles. The Bertz CT molecular complexity index is 824. The molecule has 2 aliphatic heterocycles. The fourth-order valence-electron chi connectivity index (χ4n) is 4.13. The number of hydrogen-bond donors (Lipinski definition) is 0. The van der Waals surface area contributed by atoms with Gasteiger partial charge < -0.3 is 9.64 Å². The van der Waals surface area contributed by atoms with Crippen molar-refractivity contribution in [2.45, 2.75) is 65.3 Å². The highest BCUT2D eigenvalue weighted by Gasteiger charge is 2.23. The van der Waals surface area contributed by atoms with Crippen LogP contribution < -0.4 is 4.74 Å². The van der Waals surface area contributed by atoms with Crippen LogP contribution in [0.2, 0.25) is 0 Å². The number of hydrogen-bond acceptors (Lipinski definition) is 5. The van der Waals surface area contributed by atoms with Crippen molar-refractivity contribution in [3.63, 3.8) is 0 Å². The topological polar surface area (TPSA) is 63.5 Å². The first-order chi connectivity index (χ1) is 14.1. The van der Waals surface area contributed by atoms with Crippen molar-refractivity contribution >= 4 is 5.91 Å². The normalized spacial score (nSPS) is 17.0. The van der Waals surface area contributed by atoms with Crippen LogP contribution in [0, 0.1) is 0 Å². The summed E-state index contributed by atoms with van der Waals surface area (Å²) in [5, 5.41) is 8.69. The molecule has 2 aromatic rings. The number of ether oxygens (including phenoxy) is 1. The lowest BCUT2D eigenvalue weighted by molar-refractivity contribution is -0.130. The lowest BCUT2D eigenvalue weighted by Gasteiger charge is -2.27. The quantitative estimate of drug-likeness (QED) is 0.719. The van der Waals surface area contributed by atoms with Gasteiger partial charge in [-0.15, -0.1) is 5.10 Å². The van der Waals surface area contributed by atoms with Gasteiger partial charge in [0.25, 0.3) is 0 Å². The van der Waals surface area contributed by atoms with Crippen LogP contribution in [0.15, 0.2) is 24.3 Å². The molecule has 1 aromatic carbocycles. The van der Waals surface area contributed by atoms with E-state index < -0.39 is 0 Å². The van der Waals surface area contributed by atoms with Crippen LogP contribution in [-0.4, -0.2) is 56.4 Å². The molecule has 0 saturated carbocycles. The fraction of sp³-hybridized carbons (Fsp3) is 0.591. The Labute approximate surface area is 172 Å². The molecule has 0 atom stereocenters. The highest BCUT2D eigenvalue weighted by atomic mass is 16.5. The summed E-state index contributed by atoms with van der Waals surface area (Å²) in [5.41, 5.74) is 3.40. The molecule has 3 heterocycles. The highest BCUT2D eigenvalue weighted by Crippen LogP contribution is 2.20. The van der Waals surface area contributed by atoms with E-state index in [1.54, 1.807) is 0 Å². The first-order valence-corrected chi connectivity index (χ1v) is 10.8. The second kappa shape index (κ2) is 8.95. The molecule has 7 nitrogen and oxygen atoms in total. The molecule has 1 aromatic heterocycles. The fourth-order valence-corrected chi connectivity index (χ4v) is 4.13. The van der Waals surface area contributed by atoms with E-state index in [9.17, 15) is 4.79 Å². The average Bonchev–Trinajstić information content (AvgIpc) is 3.37. The van der Waals surface area contributed by atoms with Crippen LogP contribution in [0.4, 0.5) is 0 Å². The van der Waals surface area contributed by atoms with Gasteiger partial charge in [-0.2, -0.15) is 0 Å². The van der Waals surface area contributed by atoms with Gasteiger partial charge in [0.1, 0.15) is 5.75 Å². The number of nitrogens with zero attached hydrogens (tertiary/aromatic N) is 5. The summed E-state index contributed by atoms with van der Waals surface area (Å²) in [7, 11) is 0. The van der Waals surface area contributed by atoms with Crippen LogP contribution in [0.1, 0.15) is 50.1 Å². The van der Waals surface area contributed by atoms with Gasteiger partial charge in [0.2, 0.25) is 5.91 Å². The van der Waals surface area contributed by atoms with Crippen molar-refractivity contribution in [3.05, 3.63) is 41.2 Å². The first kappa shape index (κ1) is 19.9. The van der Waals surface area contributed by atoms with Gasteiger partial charge in [0, 0.05) is 45.6 Å². The molecule has 0 bridgehead atoms. The number of aryl methyl sites for hydroxylation is 1. The number of aromatic nitrogens is 3. The van der Waals surface area contributed by atoms with E-state index in [4.69, 9.17) is 4.74 Å². The van der Waals surface area contributed by atoms with Gasteiger partial charge in [0.05, 0.1) is 24.0 Å². The van der Waals surface area contributed by atoms with E-state index in [-0.39, 0.29) is 12.0 Å². The standard InChI is InChI=1S/C22H31N5O2/c1-17(2)29-19-7-5-18(6-8-19)15-25-13-14-27-21(16-25)20(23-24-27)9-10-22(28)26-11-3-4-12-26/h5-8,17H,3-4,9-16H2,1-2H3. The zero-order valence-electron chi connectivity index (χ0n) is 17.5. The Morgan fingerprint density at radius 1 is 1.10 bits per heavy atom. The summed E-state index contributed by atoms with van der Waals surface area (Å²) in [5.74, 6) is 1.16. The lowest BCUT2D eigenvalue weighted by atomic mass is 10.1. The Morgan fingerprint density at radius 3 is 2.59 bits per heavy atom. The van der Waals surface area contributed by atoms with Crippen molar-refractivity contribution in [3.8, 4) is 5.75 Å². The largest absolute Gasteiger partial charge is 0.491 e. The molecule has 0 N–H and O–H groups in total. The third kappa shape index (κ3) is 4.96. The number of benzene rings is 1. The van der Waals surface area contributed by atoms with Crippen molar-refractivity contribution < 1.29 is 9.53 Å². The number of carbonyl (C=O) groups is 1. The zero-order valence-corrected chi connectivity index (χ0v) is 17.5. The maximum Gasteiger partial charge on any atom is 0.222 e. The Balaban J connectivity index is 1.34. The summed E-state index contributed by atoms with van der Waals surface area (Å²) in [6.45, 7) is 9.40. The molecule has 0 spiro atoms. The van der Waals surface area contributed by atoms with Crippen LogP contribution in [-0.2, 0) is 30.8 Å². The number of likely N-dealkylation sites (tertiary alicyclic amines) is 1. The predicted octanol–water partition coefficient (Wildman–Crippen LogP) is 2.64. The van der Waals surface area contributed by atoms with Crippen molar-refractivity contribution in [2.75, 3.05) is 19.6 Å². The SMILES string of the molecule is CC(C)Oc1ccc(CN2CCn3nnc(CCC(=O)N4CCCC4)c3C2)cc1. The van der Waals surface area contributed by atoms with E-state index in [1.165, 1.54) is 5.56 Å². The number of carbonyl (C=O) groups excluding carboxylic acids is 1. The van der Waals surface area contributed by atoms with Crippen LogP contribution in [0.25, 0.3) is 0 Å². The smallest absolute Gasteiger partial charge is 0.222 e. The summed E-state index contributed by atoms with van der Waals surface area (Å²) in [4.78, 5) is 16.8. The molecule has 1 saturated heterocycles. The summed E-state index contributed by atoms with van der Waals surface area (Å²) < 4.78 is 7.74. The number of amides is 1. The predicted molar refractivity (Wildman–Crippen MR) is 110 cm³/mol. The minimum atomic E-state index is 0.187. The summed E-state index contributed by atoms with van der Waals surface area (Å²) in [6, 6.07) is 8.36. The molecule has 4 rings (SSSR count). The van der Waals surface area contributed by atoms with Gasteiger partial charge in [-0.25, -0.2) is 4.68 Å². The minimum absolute atomic E-state index is 0.187.